The number of hydrogen-bond acceptors (Lipinski definition) is 6. The first-order valence-corrected chi connectivity index (χ1v) is 8.72. The van der Waals surface area contributed by atoms with E-state index in [4.69, 9.17) is 9.26 Å². The van der Waals surface area contributed by atoms with Crippen molar-refractivity contribution < 1.29 is 18.8 Å². The fraction of sp³-hybridized carbons (Fsp3) is 0.353. The van der Waals surface area contributed by atoms with E-state index < -0.39 is 5.97 Å². The van der Waals surface area contributed by atoms with Gasteiger partial charge in [0.05, 0.1) is 12.8 Å². The summed E-state index contributed by atoms with van der Waals surface area (Å²) in [6, 6.07) is 3.66. The molecule has 0 aliphatic carbocycles. The maximum absolute atomic E-state index is 12.3. The van der Waals surface area contributed by atoms with Gasteiger partial charge in [-0.1, -0.05) is 5.16 Å². The molecular formula is C17H19N3O4S. The highest BCUT2D eigenvalue weighted by Crippen LogP contribution is 2.25. The number of methoxy groups -OCH3 is 1. The predicted molar refractivity (Wildman–Crippen MR) is 93.8 cm³/mol. The first-order valence-electron chi connectivity index (χ1n) is 7.84. The lowest BCUT2D eigenvalue weighted by atomic mass is 10.1. The summed E-state index contributed by atoms with van der Waals surface area (Å²) in [5, 5.41) is 9.63. The lowest BCUT2D eigenvalue weighted by Gasteiger charge is -2.09. The molecule has 0 fully saturated rings. The average Bonchev–Trinajstić information content (AvgIpc) is 3.26. The van der Waals surface area contributed by atoms with Crippen molar-refractivity contribution in [3.05, 3.63) is 40.2 Å². The van der Waals surface area contributed by atoms with Crippen molar-refractivity contribution in [3.8, 4) is 0 Å². The van der Waals surface area contributed by atoms with Crippen LogP contribution in [0.25, 0.3) is 10.2 Å². The number of thiophene rings is 1. The molecule has 0 atom stereocenters. The summed E-state index contributed by atoms with van der Waals surface area (Å²) < 4.78 is 11.6. The van der Waals surface area contributed by atoms with E-state index in [0.717, 1.165) is 27.2 Å². The molecule has 0 aliphatic heterocycles. The van der Waals surface area contributed by atoms with Crippen molar-refractivity contribution in [2.24, 2.45) is 0 Å². The maximum Gasteiger partial charge on any atom is 0.354 e. The molecule has 0 aliphatic rings. The van der Waals surface area contributed by atoms with E-state index in [1.807, 2.05) is 25.3 Å². The monoisotopic (exact) mass is 361 g/mol. The Bertz CT molecular complexity index is 902. The first-order chi connectivity index (χ1) is 12.0. The summed E-state index contributed by atoms with van der Waals surface area (Å²) in [5.41, 5.74) is 2.23. The summed E-state index contributed by atoms with van der Waals surface area (Å²) in [4.78, 5) is 25.1. The minimum Gasteiger partial charge on any atom is -0.464 e. The normalized spacial score (nSPS) is 11.0. The van der Waals surface area contributed by atoms with Gasteiger partial charge in [0.25, 0.3) is 0 Å². The van der Waals surface area contributed by atoms with Gasteiger partial charge in [0.2, 0.25) is 5.91 Å². The van der Waals surface area contributed by atoms with Gasteiger partial charge < -0.3 is 19.1 Å². The van der Waals surface area contributed by atoms with Gasteiger partial charge in [0, 0.05) is 17.5 Å². The molecule has 0 unspecified atom stereocenters. The minimum absolute atomic E-state index is 0.0655. The second kappa shape index (κ2) is 7.10. The number of ether oxygens (including phenoxy) is 1. The summed E-state index contributed by atoms with van der Waals surface area (Å²) >= 11 is 1.48. The Kier molecular flexibility index (Phi) is 4.89. The molecule has 0 saturated carbocycles. The van der Waals surface area contributed by atoms with Crippen LogP contribution in [0.3, 0.4) is 0 Å². The van der Waals surface area contributed by atoms with Crippen molar-refractivity contribution in [2.45, 2.75) is 26.8 Å². The molecule has 0 bridgehead atoms. The third kappa shape index (κ3) is 3.43. The topological polar surface area (TPSA) is 86.4 Å². The second-order valence-electron chi connectivity index (χ2n) is 5.69. The van der Waals surface area contributed by atoms with Crippen LogP contribution in [0.1, 0.15) is 27.5 Å². The third-order valence-corrected chi connectivity index (χ3v) is 5.03. The van der Waals surface area contributed by atoms with Gasteiger partial charge in [-0.15, -0.1) is 11.3 Å². The Labute approximate surface area is 148 Å². The van der Waals surface area contributed by atoms with Crippen molar-refractivity contribution >= 4 is 33.4 Å². The molecule has 7 nitrogen and oxygen atoms in total. The number of carbonyl (C=O) groups is 2. The van der Waals surface area contributed by atoms with Crippen LogP contribution in [0.2, 0.25) is 0 Å². The highest BCUT2D eigenvalue weighted by Gasteiger charge is 2.19. The molecule has 3 rings (SSSR count). The zero-order chi connectivity index (χ0) is 18.0. The van der Waals surface area contributed by atoms with E-state index in [2.05, 4.69) is 10.5 Å². The van der Waals surface area contributed by atoms with E-state index in [9.17, 15) is 9.59 Å². The molecule has 8 heteroatoms. The van der Waals surface area contributed by atoms with Crippen molar-refractivity contribution in [1.29, 1.82) is 0 Å². The summed E-state index contributed by atoms with van der Waals surface area (Å²) in [5.74, 6) is 0.153. The molecule has 132 valence electrons. The molecule has 0 radical (unpaired) electrons. The molecule has 1 N–H and O–H groups in total. The van der Waals surface area contributed by atoms with Crippen LogP contribution >= 0.6 is 11.3 Å². The number of fused-ring (bicyclic) bond motifs is 1. The number of nitrogens with zero attached hydrogens (tertiary/aromatic N) is 2. The number of rotatable bonds is 6. The van der Waals surface area contributed by atoms with Gasteiger partial charge in [-0.25, -0.2) is 4.79 Å². The number of aryl methyl sites for hydroxylation is 2. The lowest BCUT2D eigenvalue weighted by molar-refractivity contribution is -0.121. The second-order valence-corrected chi connectivity index (χ2v) is 6.59. The molecule has 3 aromatic heterocycles. The zero-order valence-corrected chi connectivity index (χ0v) is 15.1. The van der Waals surface area contributed by atoms with Crippen molar-refractivity contribution in [3.63, 3.8) is 0 Å². The Morgan fingerprint density at radius 1 is 1.40 bits per heavy atom. The van der Waals surface area contributed by atoms with E-state index in [1.54, 1.807) is 10.6 Å². The fourth-order valence-electron chi connectivity index (χ4n) is 2.79. The van der Waals surface area contributed by atoms with Gasteiger partial charge in [-0.3, -0.25) is 4.79 Å². The van der Waals surface area contributed by atoms with Crippen molar-refractivity contribution in [1.82, 2.24) is 15.0 Å². The zero-order valence-electron chi connectivity index (χ0n) is 14.3. The quantitative estimate of drug-likeness (QED) is 0.682. The molecule has 0 saturated heterocycles. The van der Waals surface area contributed by atoms with Crippen LogP contribution < -0.4 is 5.32 Å². The molecule has 25 heavy (non-hydrogen) atoms. The van der Waals surface area contributed by atoms with Crippen LogP contribution in [0.4, 0.5) is 0 Å². The Morgan fingerprint density at radius 2 is 2.20 bits per heavy atom. The van der Waals surface area contributed by atoms with Gasteiger partial charge >= 0.3 is 5.97 Å². The number of aromatic nitrogens is 2. The Hall–Kier alpha value is -2.61. The van der Waals surface area contributed by atoms with Gasteiger partial charge in [0.15, 0.2) is 0 Å². The van der Waals surface area contributed by atoms with Gasteiger partial charge in [0.1, 0.15) is 22.8 Å². The standard InChI is InChI=1S/C17H19N3O4S/c1-10-13(11(2)24-19-10)4-6-18-15(21)9-20-14(17(22)23-3)8-12-5-7-25-16(12)20/h5,7-8H,4,6,9H2,1-3H3,(H,18,21). The van der Waals surface area contributed by atoms with Crippen molar-refractivity contribution in [2.75, 3.05) is 13.7 Å². The first kappa shape index (κ1) is 17.2. The van der Waals surface area contributed by atoms with E-state index in [-0.39, 0.29) is 12.5 Å². The number of esters is 1. The van der Waals surface area contributed by atoms with Crippen LogP contribution in [-0.4, -0.2) is 35.3 Å². The lowest BCUT2D eigenvalue weighted by Crippen LogP contribution is -2.30. The van der Waals surface area contributed by atoms with Crippen LogP contribution in [0, 0.1) is 13.8 Å². The smallest absolute Gasteiger partial charge is 0.354 e. The number of nitrogens with one attached hydrogen (secondary N) is 1. The number of amides is 1. The molecule has 0 spiro atoms. The minimum atomic E-state index is -0.452. The van der Waals surface area contributed by atoms with Gasteiger partial charge in [-0.05, 0) is 37.8 Å². The van der Waals surface area contributed by atoms with Crippen LogP contribution in [0.5, 0.6) is 0 Å². The summed E-state index contributed by atoms with van der Waals surface area (Å²) in [6.45, 7) is 4.27. The average molecular weight is 361 g/mol. The maximum atomic E-state index is 12.3. The largest absolute Gasteiger partial charge is 0.464 e. The van der Waals surface area contributed by atoms with Crippen LogP contribution in [-0.2, 0) is 22.5 Å². The Balaban J connectivity index is 1.67. The van der Waals surface area contributed by atoms with Crippen LogP contribution in [0.15, 0.2) is 22.0 Å². The highest BCUT2D eigenvalue weighted by molar-refractivity contribution is 7.16. The fourth-order valence-corrected chi connectivity index (χ4v) is 3.69. The molecule has 3 aromatic rings. The summed E-state index contributed by atoms with van der Waals surface area (Å²) in [6.07, 6.45) is 0.650. The van der Waals surface area contributed by atoms with Gasteiger partial charge in [-0.2, -0.15) is 0 Å². The van der Waals surface area contributed by atoms with E-state index >= 15 is 0 Å². The van der Waals surface area contributed by atoms with E-state index in [0.29, 0.717) is 18.7 Å². The predicted octanol–water partition coefficient (Wildman–Crippen LogP) is 2.45. The molecular weight excluding hydrogens is 342 g/mol. The summed E-state index contributed by atoms with van der Waals surface area (Å²) in [7, 11) is 1.33. The SMILES string of the molecule is COC(=O)c1cc2ccsc2n1CC(=O)NCCc1c(C)noc1C. The third-order valence-electron chi connectivity index (χ3n) is 4.08. The number of carbonyl (C=O) groups excluding carboxylic acids is 2. The molecule has 1 amide bonds. The Morgan fingerprint density at radius 3 is 2.88 bits per heavy atom. The molecule has 3 heterocycles. The molecule has 0 aromatic carbocycles. The van der Waals surface area contributed by atoms with E-state index in [1.165, 1.54) is 18.4 Å². The number of hydrogen-bond donors (Lipinski definition) is 1. The highest BCUT2D eigenvalue weighted by atomic mass is 32.1.